The molecule has 0 aliphatic heterocycles. The first-order valence-corrected chi connectivity index (χ1v) is 4.87. The van der Waals surface area contributed by atoms with Gasteiger partial charge in [-0.05, 0) is 28.1 Å². The zero-order valence-corrected chi connectivity index (χ0v) is 9.33. The molecule has 1 aromatic rings. The van der Waals surface area contributed by atoms with E-state index < -0.39 is 36.6 Å². The molecule has 0 aromatic heterocycles. The molecule has 0 fully saturated rings. The highest BCUT2D eigenvalue weighted by molar-refractivity contribution is 9.10. The third kappa shape index (κ3) is 3.71. The van der Waals surface area contributed by atoms with Crippen molar-refractivity contribution in [3.8, 4) is 0 Å². The van der Waals surface area contributed by atoms with Gasteiger partial charge in [0.25, 0.3) is 0 Å². The Kier molecular flexibility index (Phi) is 4.26. The maximum atomic E-state index is 13.2. The number of benzene rings is 1. The monoisotopic (exact) mass is 304 g/mol. The minimum Gasteiger partial charge on any atom is -0.367 e. The van der Waals surface area contributed by atoms with E-state index in [0.717, 1.165) is 12.1 Å². The lowest BCUT2D eigenvalue weighted by Crippen LogP contribution is -2.17. The molecule has 1 rings (SSSR count). The molecule has 90 valence electrons. The number of alkyl halides is 3. The fraction of sp³-hybridized carbons (Fsp3) is 0.333. The van der Waals surface area contributed by atoms with Crippen LogP contribution in [-0.4, -0.2) is 12.8 Å². The molecule has 0 spiro atoms. The van der Waals surface area contributed by atoms with Gasteiger partial charge in [-0.3, -0.25) is 0 Å². The molecular formula is C9H6BrF5O. The van der Waals surface area contributed by atoms with Crippen molar-refractivity contribution < 1.29 is 26.7 Å². The van der Waals surface area contributed by atoms with Gasteiger partial charge in [-0.15, -0.1) is 0 Å². The smallest absolute Gasteiger partial charge is 0.367 e. The van der Waals surface area contributed by atoms with Crippen molar-refractivity contribution in [2.45, 2.75) is 12.8 Å². The van der Waals surface area contributed by atoms with Crippen LogP contribution >= 0.6 is 15.9 Å². The third-order valence-corrected chi connectivity index (χ3v) is 2.26. The first kappa shape index (κ1) is 13.4. The van der Waals surface area contributed by atoms with Crippen LogP contribution in [-0.2, 0) is 11.3 Å². The van der Waals surface area contributed by atoms with Crippen molar-refractivity contribution in [2.24, 2.45) is 0 Å². The molecule has 0 heterocycles. The van der Waals surface area contributed by atoms with E-state index >= 15 is 0 Å². The van der Waals surface area contributed by atoms with E-state index in [0.29, 0.717) is 0 Å². The first-order chi connectivity index (χ1) is 7.31. The fourth-order valence-corrected chi connectivity index (χ4v) is 1.34. The van der Waals surface area contributed by atoms with E-state index in [1.54, 1.807) is 0 Å². The second-order valence-electron chi connectivity index (χ2n) is 2.93. The second-order valence-corrected chi connectivity index (χ2v) is 3.78. The first-order valence-electron chi connectivity index (χ1n) is 4.08. The van der Waals surface area contributed by atoms with Crippen LogP contribution in [0.1, 0.15) is 5.56 Å². The highest BCUT2D eigenvalue weighted by atomic mass is 79.9. The average Bonchev–Trinajstić information content (AvgIpc) is 2.16. The maximum Gasteiger partial charge on any atom is 0.411 e. The zero-order chi connectivity index (χ0) is 12.3. The molecular weight excluding hydrogens is 299 g/mol. The Balaban J connectivity index is 2.71. The highest BCUT2D eigenvalue weighted by Crippen LogP contribution is 2.23. The topological polar surface area (TPSA) is 9.23 Å². The van der Waals surface area contributed by atoms with E-state index in [-0.39, 0.29) is 4.47 Å². The normalized spacial score (nSPS) is 11.9. The van der Waals surface area contributed by atoms with Gasteiger partial charge in [0.15, 0.2) is 0 Å². The molecule has 0 unspecified atom stereocenters. The van der Waals surface area contributed by atoms with E-state index in [1.165, 1.54) is 0 Å². The van der Waals surface area contributed by atoms with Crippen molar-refractivity contribution >= 4 is 15.9 Å². The van der Waals surface area contributed by atoms with Crippen LogP contribution in [0.5, 0.6) is 0 Å². The Morgan fingerprint density at radius 2 is 1.81 bits per heavy atom. The number of hydrogen-bond donors (Lipinski definition) is 0. The van der Waals surface area contributed by atoms with E-state index in [4.69, 9.17) is 0 Å². The van der Waals surface area contributed by atoms with Crippen LogP contribution in [0.3, 0.4) is 0 Å². The predicted molar refractivity (Wildman–Crippen MR) is 49.8 cm³/mol. The molecule has 16 heavy (non-hydrogen) atoms. The summed E-state index contributed by atoms with van der Waals surface area (Å²) in [4.78, 5) is 0. The summed E-state index contributed by atoms with van der Waals surface area (Å²) in [6.45, 7) is -2.31. The number of ether oxygens (including phenoxy) is 1. The Morgan fingerprint density at radius 3 is 2.38 bits per heavy atom. The molecule has 0 atom stereocenters. The molecule has 0 N–H and O–H groups in total. The van der Waals surface area contributed by atoms with Crippen LogP contribution in [0.2, 0.25) is 0 Å². The van der Waals surface area contributed by atoms with E-state index in [1.807, 2.05) is 0 Å². The Morgan fingerprint density at radius 1 is 1.19 bits per heavy atom. The van der Waals surface area contributed by atoms with E-state index in [2.05, 4.69) is 20.7 Å². The minimum absolute atomic E-state index is 0.0282. The Hall–Kier alpha value is -0.690. The molecule has 1 aromatic carbocycles. The van der Waals surface area contributed by atoms with E-state index in [9.17, 15) is 22.0 Å². The number of halogens is 6. The lowest BCUT2D eigenvalue weighted by atomic mass is 10.2. The van der Waals surface area contributed by atoms with Gasteiger partial charge in [-0.25, -0.2) is 8.78 Å². The Labute approximate surface area is 96.3 Å². The average molecular weight is 305 g/mol. The maximum absolute atomic E-state index is 13.2. The summed E-state index contributed by atoms with van der Waals surface area (Å²) in [7, 11) is 0. The van der Waals surface area contributed by atoms with Gasteiger partial charge in [0.1, 0.15) is 18.2 Å². The molecule has 0 saturated heterocycles. The molecule has 0 aliphatic rings. The number of rotatable bonds is 3. The van der Waals surface area contributed by atoms with Crippen molar-refractivity contribution in [2.75, 3.05) is 6.61 Å². The molecule has 0 aliphatic carbocycles. The quantitative estimate of drug-likeness (QED) is 0.609. The molecule has 7 heteroatoms. The van der Waals surface area contributed by atoms with Gasteiger partial charge in [-0.1, -0.05) is 0 Å². The lowest BCUT2D eigenvalue weighted by molar-refractivity contribution is -0.176. The predicted octanol–water partition coefficient (Wildman–Crippen LogP) is 3.81. The molecule has 0 amide bonds. The summed E-state index contributed by atoms with van der Waals surface area (Å²) >= 11 is 2.79. The molecule has 1 nitrogen and oxygen atoms in total. The summed E-state index contributed by atoms with van der Waals surface area (Å²) < 4.78 is 65.6. The standard InChI is InChI=1S/C9H6BrF5O/c10-6-1-2-7(11)5(8(6)12)3-16-4-9(13,14)15/h1-2H,3-4H2. The van der Waals surface area contributed by atoms with Gasteiger partial charge in [0.2, 0.25) is 0 Å². The molecule has 0 saturated carbocycles. The van der Waals surface area contributed by atoms with Gasteiger partial charge in [0, 0.05) is 0 Å². The van der Waals surface area contributed by atoms with Crippen molar-refractivity contribution in [1.82, 2.24) is 0 Å². The highest BCUT2D eigenvalue weighted by Gasteiger charge is 2.27. The number of hydrogen-bond acceptors (Lipinski definition) is 1. The van der Waals surface area contributed by atoms with Crippen LogP contribution in [0.4, 0.5) is 22.0 Å². The van der Waals surface area contributed by atoms with Crippen LogP contribution in [0, 0.1) is 11.6 Å². The lowest BCUT2D eigenvalue weighted by Gasteiger charge is -2.09. The van der Waals surface area contributed by atoms with Gasteiger partial charge >= 0.3 is 6.18 Å². The summed E-state index contributed by atoms with van der Waals surface area (Å²) in [5.74, 6) is -1.90. The summed E-state index contributed by atoms with van der Waals surface area (Å²) in [6, 6.07) is 2.07. The van der Waals surface area contributed by atoms with Gasteiger partial charge in [-0.2, -0.15) is 13.2 Å². The van der Waals surface area contributed by atoms with Gasteiger partial charge < -0.3 is 4.74 Å². The van der Waals surface area contributed by atoms with Crippen molar-refractivity contribution in [1.29, 1.82) is 0 Å². The fourth-order valence-electron chi connectivity index (χ4n) is 0.970. The summed E-state index contributed by atoms with van der Waals surface area (Å²) in [6.07, 6.45) is -4.51. The third-order valence-electron chi connectivity index (χ3n) is 1.65. The van der Waals surface area contributed by atoms with Crippen LogP contribution in [0.15, 0.2) is 16.6 Å². The molecule has 0 radical (unpaired) electrons. The van der Waals surface area contributed by atoms with Crippen LogP contribution < -0.4 is 0 Å². The van der Waals surface area contributed by atoms with Crippen molar-refractivity contribution in [3.05, 3.63) is 33.8 Å². The largest absolute Gasteiger partial charge is 0.411 e. The van der Waals surface area contributed by atoms with Gasteiger partial charge in [0.05, 0.1) is 16.6 Å². The second kappa shape index (κ2) is 5.09. The minimum atomic E-state index is -4.51. The summed E-state index contributed by atoms with van der Waals surface area (Å²) in [5.41, 5.74) is -0.529. The Bertz CT molecular complexity index is 377. The molecule has 0 bridgehead atoms. The zero-order valence-electron chi connectivity index (χ0n) is 7.74. The summed E-state index contributed by atoms with van der Waals surface area (Å²) in [5, 5.41) is 0. The SMILES string of the molecule is Fc1ccc(Br)c(F)c1COCC(F)(F)F. The van der Waals surface area contributed by atoms with Crippen molar-refractivity contribution in [3.63, 3.8) is 0 Å². The van der Waals surface area contributed by atoms with Crippen LogP contribution in [0.25, 0.3) is 0 Å².